The van der Waals surface area contributed by atoms with E-state index in [0.717, 1.165) is 22.5 Å². The third-order valence-corrected chi connectivity index (χ3v) is 7.25. The smallest absolute Gasteiger partial charge is 0.244 e. The van der Waals surface area contributed by atoms with Crippen molar-refractivity contribution in [1.29, 1.82) is 0 Å². The largest absolute Gasteiger partial charge is 0.352 e. The molecule has 0 saturated carbocycles. The van der Waals surface area contributed by atoms with Gasteiger partial charge in [-0.05, 0) is 57.0 Å². The maximum atomic E-state index is 13.5. The lowest BCUT2D eigenvalue weighted by Crippen LogP contribution is -2.52. The zero-order valence-electron chi connectivity index (χ0n) is 20.0. The molecule has 0 spiro atoms. The molecule has 0 aliphatic rings. The number of benzene rings is 2. The summed E-state index contributed by atoms with van der Waals surface area (Å²) in [5.74, 6) is -0.877. The minimum Gasteiger partial charge on any atom is -0.352 e. The van der Waals surface area contributed by atoms with E-state index in [1.165, 1.54) is 4.90 Å². The zero-order chi connectivity index (χ0) is 25.6. The van der Waals surface area contributed by atoms with E-state index in [1.807, 2.05) is 20.8 Å². The lowest BCUT2D eigenvalue weighted by atomic mass is 10.1. The fourth-order valence-corrected chi connectivity index (χ4v) is 4.52. The fraction of sp³-hybridized carbons (Fsp3) is 0.417. The Balaban J connectivity index is 2.41. The highest BCUT2D eigenvalue weighted by Gasteiger charge is 2.30. The van der Waals surface area contributed by atoms with E-state index < -0.39 is 28.5 Å². The molecular formula is C24H31Cl2N3O4S. The highest BCUT2D eigenvalue weighted by Crippen LogP contribution is 2.24. The van der Waals surface area contributed by atoms with Gasteiger partial charge in [-0.25, -0.2) is 8.42 Å². The third kappa shape index (κ3) is 7.61. The molecule has 34 heavy (non-hydrogen) atoms. The van der Waals surface area contributed by atoms with Gasteiger partial charge in [0.05, 0.1) is 11.9 Å². The number of rotatable bonds is 10. The van der Waals surface area contributed by atoms with Crippen LogP contribution in [0.2, 0.25) is 10.0 Å². The van der Waals surface area contributed by atoms with Crippen molar-refractivity contribution in [3.8, 4) is 0 Å². The summed E-state index contributed by atoms with van der Waals surface area (Å²) in [6.07, 6.45) is 1.77. The first-order valence-electron chi connectivity index (χ1n) is 10.9. The first-order valence-corrected chi connectivity index (χ1v) is 13.5. The quantitative estimate of drug-likeness (QED) is 0.495. The zero-order valence-corrected chi connectivity index (χ0v) is 22.3. The van der Waals surface area contributed by atoms with Crippen LogP contribution < -0.4 is 9.62 Å². The van der Waals surface area contributed by atoms with Crippen LogP contribution in [0.1, 0.15) is 38.3 Å². The number of nitrogens with zero attached hydrogens (tertiary/aromatic N) is 2. The standard InChI is InChI=1S/C24H31Cl2N3O4S/c1-6-17(3)27-24(31)18(4)28(14-19-9-10-20(25)13-22(19)26)23(30)15-29(34(5,32)33)21-11-7-16(2)8-12-21/h7-13,17-18H,6,14-15H2,1-5H3,(H,27,31)/t17-,18+/m0/s1. The van der Waals surface area contributed by atoms with E-state index in [9.17, 15) is 18.0 Å². The molecule has 0 aliphatic carbocycles. The molecule has 2 aromatic carbocycles. The van der Waals surface area contributed by atoms with Crippen molar-refractivity contribution in [2.24, 2.45) is 0 Å². The molecule has 10 heteroatoms. The maximum Gasteiger partial charge on any atom is 0.244 e. The van der Waals surface area contributed by atoms with Crippen LogP contribution in [0.3, 0.4) is 0 Å². The Labute approximate surface area is 212 Å². The van der Waals surface area contributed by atoms with E-state index in [0.29, 0.717) is 21.3 Å². The highest BCUT2D eigenvalue weighted by molar-refractivity contribution is 7.92. The minimum absolute atomic E-state index is 0.00935. The molecule has 0 saturated heterocycles. The molecule has 0 fully saturated rings. The number of carbonyl (C=O) groups excluding carboxylic acids is 2. The fourth-order valence-electron chi connectivity index (χ4n) is 3.21. The average molecular weight is 529 g/mol. The lowest BCUT2D eigenvalue weighted by molar-refractivity contribution is -0.139. The van der Waals surface area contributed by atoms with Crippen LogP contribution in [0.15, 0.2) is 42.5 Å². The van der Waals surface area contributed by atoms with Crippen LogP contribution >= 0.6 is 23.2 Å². The van der Waals surface area contributed by atoms with Crippen LogP contribution in [0.5, 0.6) is 0 Å². The average Bonchev–Trinajstić information content (AvgIpc) is 2.76. The van der Waals surface area contributed by atoms with Crippen LogP contribution in [-0.2, 0) is 26.2 Å². The molecule has 7 nitrogen and oxygen atoms in total. The molecular weight excluding hydrogens is 497 g/mol. The van der Waals surface area contributed by atoms with Gasteiger partial charge in [-0.1, -0.05) is 53.9 Å². The van der Waals surface area contributed by atoms with Crippen LogP contribution in [0.25, 0.3) is 0 Å². The Morgan fingerprint density at radius 2 is 1.68 bits per heavy atom. The van der Waals surface area contributed by atoms with Crippen molar-refractivity contribution in [2.75, 3.05) is 17.1 Å². The number of anilines is 1. The lowest BCUT2D eigenvalue weighted by Gasteiger charge is -2.32. The van der Waals surface area contributed by atoms with Crippen molar-refractivity contribution in [3.05, 3.63) is 63.6 Å². The second-order valence-electron chi connectivity index (χ2n) is 8.36. The Hall–Kier alpha value is -2.29. The second kappa shape index (κ2) is 11.9. The Bertz CT molecular complexity index is 1120. The monoisotopic (exact) mass is 527 g/mol. The van der Waals surface area contributed by atoms with Crippen LogP contribution in [0.4, 0.5) is 5.69 Å². The van der Waals surface area contributed by atoms with Gasteiger partial charge in [-0.2, -0.15) is 0 Å². The number of halogens is 2. The molecule has 2 aromatic rings. The maximum absolute atomic E-state index is 13.5. The Morgan fingerprint density at radius 1 is 1.06 bits per heavy atom. The molecule has 2 atom stereocenters. The van der Waals surface area contributed by atoms with Gasteiger partial charge < -0.3 is 10.2 Å². The number of nitrogens with one attached hydrogen (secondary N) is 1. The number of hydrogen-bond acceptors (Lipinski definition) is 4. The summed E-state index contributed by atoms with van der Waals surface area (Å²) in [5, 5.41) is 3.66. The number of carbonyl (C=O) groups is 2. The van der Waals surface area contributed by atoms with E-state index in [1.54, 1.807) is 49.4 Å². The molecule has 2 rings (SSSR count). The number of hydrogen-bond donors (Lipinski definition) is 1. The Kier molecular flexibility index (Phi) is 9.79. The summed E-state index contributed by atoms with van der Waals surface area (Å²) in [5.41, 5.74) is 1.91. The van der Waals surface area contributed by atoms with E-state index in [2.05, 4.69) is 5.32 Å². The SMILES string of the molecule is CC[C@H](C)NC(=O)[C@@H](C)N(Cc1ccc(Cl)cc1Cl)C(=O)CN(c1ccc(C)cc1)S(C)(=O)=O. The van der Waals surface area contributed by atoms with Crippen LogP contribution in [0, 0.1) is 6.92 Å². The second-order valence-corrected chi connectivity index (χ2v) is 11.1. The normalized spacial score (nSPS) is 13.1. The van der Waals surface area contributed by atoms with E-state index in [-0.39, 0.29) is 18.5 Å². The summed E-state index contributed by atoms with van der Waals surface area (Å²) in [6, 6.07) is 10.8. The van der Waals surface area contributed by atoms with Crippen molar-refractivity contribution in [2.45, 2.75) is 52.7 Å². The van der Waals surface area contributed by atoms with Crippen molar-refractivity contribution in [3.63, 3.8) is 0 Å². The van der Waals surface area contributed by atoms with Gasteiger partial charge in [0, 0.05) is 22.6 Å². The molecule has 0 aromatic heterocycles. The summed E-state index contributed by atoms with van der Waals surface area (Å²) in [4.78, 5) is 27.7. The molecule has 0 unspecified atom stereocenters. The molecule has 0 radical (unpaired) electrons. The Morgan fingerprint density at radius 3 is 2.21 bits per heavy atom. The molecule has 0 bridgehead atoms. The van der Waals surface area contributed by atoms with Gasteiger partial charge in [-0.15, -0.1) is 0 Å². The number of sulfonamides is 1. The summed E-state index contributed by atoms with van der Waals surface area (Å²) in [7, 11) is -3.77. The van der Waals surface area contributed by atoms with Crippen molar-refractivity contribution in [1.82, 2.24) is 10.2 Å². The van der Waals surface area contributed by atoms with Gasteiger partial charge in [0.15, 0.2) is 0 Å². The topological polar surface area (TPSA) is 86.8 Å². The van der Waals surface area contributed by atoms with Crippen LogP contribution in [-0.4, -0.2) is 50.0 Å². The summed E-state index contributed by atoms with van der Waals surface area (Å²) < 4.78 is 26.1. The van der Waals surface area contributed by atoms with Gasteiger partial charge in [-0.3, -0.25) is 13.9 Å². The van der Waals surface area contributed by atoms with Crippen molar-refractivity contribution >= 4 is 50.7 Å². The summed E-state index contributed by atoms with van der Waals surface area (Å²) in [6.45, 7) is 6.85. The molecule has 186 valence electrons. The first-order chi connectivity index (χ1) is 15.8. The van der Waals surface area contributed by atoms with Gasteiger partial charge in [0.1, 0.15) is 12.6 Å². The molecule has 0 heterocycles. The van der Waals surface area contributed by atoms with E-state index in [4.69, 9.17) is 23.2 Å². The van der Waals surface area contributed by atoms with Crippen molar-refractivity contribution < 1.29 is 18.0 Å². The predicted octanol–water partition coefficient (Wildman–Crippen LogP) is 4.40. The molecule has 1 N–H and O–H groups in total. The first kappa shape index (κ1) is 28.0. The van der Waals surface area contributed by atoms with Gasteiger partial charge in [0.2, 0.25) is 21.8 Å². The minimum atomic E-state index is -3.77. The molecule has 2 amide bonds. The third-order valence-electron chi connectivity index (χ3n) is 5.53. The highest BCUT2D eigenvalue weighted by atomic mass is 35.5. The number of amides is 2. The van der Waals surface area contributed by atoms with Gasteiger partial charge in [0.25, 0.3) is 0 Å². The summed E-state index contributed by atoms with van der Waals surface area (Å²) >= 11 is 12.3. The van der Waals surface area contributed by atoms with Gasteiger partial charge >= 0.3 is 0 Å². The van der Waals surface area contributed by atoms with E-state index >= 15 is 0 Å². The predicted molar refractivity (Wildman–Crippen MR) is 138 cm³/mol. The number of aryl methyl sites for hydroxylation is 1. The molecule has 0 aliphatic heterocycles.